The van der Waals surface area contributed by atoms with Gasteiger partial charge in [-0.15, -0.1) is 0 Å². The van der Waals surface area contributed by atoms with Gasteiger partial charge < -0.3 is 5.73 Å². The van der Waals surface area contributed by atoms with Crippen molar-refractivity contribution in [3.8, 4) is 0 Å². The number of allylic oxidation sites excluding steroid dienone is 3. The maximum absolute atomic E-state index is 11.9. The van der Waals surface area contributed by atoms with Crippen LogP contribution < -0.4 is 5.73 Å². The molecule has 0 saturated heterocycles. The minimum atomic E-state index is -0.524. The summed E-state index contributed by atoms with van der Waals surface area (Å²) in [6.07, 6.45) is 6.29. The van der Waals surface area contributed by atoms with Crippen LogP contribution in [0.5, 0.6) is 0 Å². The SMILES string of the molecule is CC(=O)C1(c2ccccc2)C=CC(N)=CC1. The van der Waals surface area contributed by atoms with Crippen LogP contribution in [0.2, 0.25) is 0 Å². The molecule has 2 heteroatoms. The molecule has 2 rings (SSSR count). The lowest BCUT2D eigenvalue weighted by Gasteiger charge is -2.29. The molecule has 0 amide bonds. The normalized spacial score (nSPS) is 23.9. The molecule has 82 valence electrons. The third-order valence-electron chi connectivity index (χ3n) is 3.14. The molecule has 2 N–H and O–H groups in total. The van der Waals surface area contributed by atoms with Crippen molar-refractivity contribution in [3.05, 3.63) is 59.8 Å². The second kappa shape index (κ2) is 3.97. The number of benzene rings is 1. The lowest BCUT2D eigenvalue weighted by Crippen LogP contribution is -2.33. The van der Waals surface area contributed by atoms with Crippen molar-refractivity contribution in [2.45, 2.75) is 18.8 Å². The van der Waals surface area contributed by atoms with Crippen LogP contribution in [0, 0.1) is 0 Å². The van der Waals surface area contributed by atoms with Gasteiger partial charge in [0.05, 0.1) is 5.41 Å². The molecule has 0 bridgehead atoms. The van der Waals surface area contributed by atoms with Gasteiger partial charge >= 0.3 is 0 Å². The fourth-order valence-corrected chi connectivity index (χ4v) is 2.07. The molecule has 0 heterocycles. The molecule has 0 aromatic heterocycles. The molecule has 1 aliphatic carbocycles. The van der Waals surface area contributed by atoms with Crippen molar-refractivity contribution in [3.63, 3.8) is 0 Å². The molecule has 1 unspecified atom stereocenters. The first kappa shape index (κ1) is 10.7. The average Bonchev–Trinajstić information content (AvgIpc) is 2.31. The van der Waals surface area contributed by atoms with E-state index >= 15 is 0 Å². The van der Waals surface area contributed by atoms with Crippen molar-refractivity contribution >= 4 is 5.78 Å². The molecule has 16 heavy (non-hydrogen) atoms. The van der Waals surface area contributed by atoms with Gasteiger partial charge in [0, 0.05) is 5.70 Å². The monoisotopic (exact) mass is 213 g/mol. The van der Waals surface area contributed by atoms with Gasteiger partial charge in [0.15, 0.2) is 0 Å². The van der Waals surface area contributed by atoms with E-state index in [1.807, 2.05) is 48.6 Å². The van der Waals surface area contributed by atoms with E-state index in [1.165, 1.54) is 0 Å². The first-order valence-corrected chi connectivity index (χ1v) is 5.36. The molecule has 1 aliphatic rings. The Labute approximate surface area is 95.5 Å². The largest absolute Gasteiger partial charge is 0.399 e. The quantitative estimate of drug-likeness (QED) is 0.819. The maximum atomic E-state index is 11.9. The molecule has 1 atom stereocenters. The number of rotatable bonds is 2. The molecular weight excluding hydrogens is 198 g/mol. The van der Waals surface area contributed by atoms with Crippen LogP contribution in [0.15, 0.2) is 54.3 Å². The number of hydrogen-bond acceptors (Lipinski definition) is 2. The Morgan fingerprint density at radius 1 is 1.31 bits per heavy atom. The molecule has 0 saturated carbocycles. The summed E-state index contributed by atoms with van der Waals surface area (Å²) in [6.45, 7) is 1.63. The van der Waals surface area contributed by atoms with E-state index in [0.29, 0.717) is 6.42 Å². The molecule has 2 nitrogen and oxygen atoms in total. The summed E-state index contributed by atoms with van der Waals surface area (Å²) in [7, 11) is 0. The summed E-state index contributed by atoms with van der Waals surface area (Å²) in [5.41, 5.74) is 6.93. The van der Waals surface area contributed by atoms with Crippen LogP contribution in [0.25, 0.3) is 0 Å². The molecule has 1 aromatic rings. The minimum Gasteiger partial charge on any atom is -0.399 e. The highest BCUT2D eigenvalue weighted by Gasteiger charge is 2.34. The van der Waals surface area contributed by atoms with Crippen LogP contribution in [-0.4, -0.2) is 5.78 Å². The van der Waals surface area contributed by atoms with Gasteiger partial charge in [0.2, 0.25) is 0 Å². The Bertz CT molecular complexity index is 459. The van der Waals surface area contributed by atoms with Gasteiger partial charge in [-0.25, -0.2) is 0 Å². The minimum absolute atomic E-state index is 0.152. The summed E-state index contributed by atoms with van der Waals surface area (Å²) in [5, 5.41) is 0. The molecule has 1 aromatic carbocycles. The first-order chi connectivity index (χ1) is 7.65. The summed E-state index contributed by atoms with van der Waals surface area (Å²) < 4.78 is 0. The second-order valence-electron chi connectivity index (χ2n) is 4.14. The zero-order valence-corrected chi connectivity index (χ0v) is 9.31. The van der Waals surface area contributed by atoms with Crippen LogP contribution in [0.3, 0.4) is 0 Å². The third-order valence-corrected chi connectivity index (χ3v) is 3.14. The van der Waals surface area contributed by atoms with E-state index in [9.17, 15) is 4.79 Å². The highest BCUT2D eigenvalue weighted by atomic mass is 16.1. The fourth-order valence-electron chi connectivity index (χ4n) is 2.07. The topological polar surface area (TPSA) is 43.1 Å². The highest BCUT2D eigenvalue weighted by molar-refractivity contribution is 5.91. The number of hydrogen-bond donors (Lipinski definition) is 1. The number of Topliss-reactive ketones (excluding diaryl/α,β-unsaturated/α-hetero) is 1. The standard InChI is InChI=1S/C14H15NO/c1-11(16)14(9-7-13(15)8-10-14)12-5-3-2-4-6-12/h2-9H,10,15H2,1H3. The van der Waals surface area contributed by atoms with Crippen molar-refractivity contribution in [2.75, 3.05) is 0 Å². The zero-order valence-electron chi connectivity index (χ0n) is 9.31. The maximum Gasteiger partial charge on any atom is 0.144 e. The Balaban J connectivity index is 2.47. The Hall–Kier alpha value is -1.83. The van der Waals surface area contributed by atoms with Gasteiger partial charge in [-0.1, -0.05) is 42.5 Å². The number of nitrogens with two attached hydrogens (primary N) is 1. The molecule has 0 aliphatic heterocycles. The third kappa shape index (κ3) is 1.67. The summed E-state index contributed by atoms with van der Waals surface area (Å²) >= 11 is 0. The van der Waals surface area contributed by atoms with Crippen LogP contribution >= 0.6 is 0 Å². The van der Waals surface area contributed by atoms with E-state index in [2.05, 4.69) is 0 Å². The summed E-state index contributed by atoms with van der Waals surface area (Å²) in [6, 6.07) is 9.83. The molecular formula is C14H15NO. The Kier molecular flexibility index (Phi) is 2.65. The van der Waals surface area contributed by atoms with Gasteiger partial charge in [0.1, 0.15) is 5.78 Å². The molecule has 0 fully saturated rings. The first-order valence-electron chi connectivity index (χ1n) is 5.36. The Morgan fingerprint density at radius 3 is 2.50 bits per heavy atom. The van der Waals surface area contributed by atoms with Crippen LogP contribution in [0.4, 0.5) is 0 Å². The predicted octanol–water partition coefficient (Wildman–Crippen LogP) is 2.32. The summed E-state index contributed by atoms with van der Waals surface area (Å²) in [4.78, 5) is 11.9. The lowest BCUT2D eigenvalue weighted by molar-refractivity contribution is -0.120. The number of carbonyl (C=O) groups is 1. The number of ketones is 1. The van der Waals surface area contributed by atoms with Crippen LogP contribution in [0.1, 0.15) is 18.9 Å². The van der Waals surface area contributed by atoms with Gasteiger partial charge in [-0.3, -0.25) is 4.79 Å². The Morgan fingerprint density at radius 2 is 2.00 bits per heavy atom. The predicted molar refractivity (Wildman–Crippen MR) is 64.8 cm³/mol. The molecule has 0 spiro atoms. The second-order valence-corrected chi connectivity index (χ2v) is 4.14. The number of carbonyl (C=O) groups excluding carboxylic acids is 1. The van der Waals surface area contributed by atoms with Gasteiger partial charge in [-0.2, -0.15) is 0 Å². The van der Waals surface area contributed by atoms with Crippen molar-refractivity contribution < 1.29 is 4.79 Å². The van der Waals surface area contributed by atoms with E-state index in [1.54, 1.807) is 6.92 Å². The van der Waals surface area contributed by atoms with E-state index in [-0.39, 0.29) is 5.78 Å². The van der Waals surface area contributed by atoms with Gasteiger partial charge in [0.25, 0.3) is 0 Å². The fraction of sp³-hybridized carbons (Fsp3) is 0.214. The summed E-state index contributed by atoms with van der Waals surface area (Å²) in [5.74, 6) is 0.152. The smallest absolute Gasteiger partial charge is 0.144 e. The van der Waals surface area contributed by atoms with Crippen molar-refractivity contribution in [2.24, 2.45) is 5.73 Å². The van der Waals surface area contributed by atoms with Gasteiger partial charge in [-0.05, 0) is 25.0 Å². The molecule has 0 radical (unpaired) electrons. The highest BCUT2D eigenvalue weighted by Crippen LogP contribution is 2.34. The van der Waals surface area contributed by atoms with Crippen molar-refractivity contribution in [1.29, 1.82) is 0 Å². The lowest BCUT2D eigenvalue weighted by atomic mass is 9.72. The van der Waals surface area contributed by atoms with E-state index < -0.39 is 5.41 Å². The van der Waals surface area contributed by atoms with Crippen molar-refractivity contribution in [1.82, 2.24) is 0 Å². The average molecular weight is 213 g/mol. The van der Waals surface area contributed by atoms with E-state index in [0.717, 1.165) is 11.3 Å². The zero-order chi connectivity index (χ0) is 11.6. The van der Waals surface area contributed by atoms with Crippen LogP contribution in [-0.2, 0) is 10.2 Å². The van der Waals surface area contributed by atoms with E-state index in [4.69, 9.17) is 5.73 Å².